The molecule has 1 saturated heterocycles. The number of benzene rings is 5. The van der Waals surface area contributed by atoms with Crippen molar-refractivity contribution in [2.75, 3.05) is 55.3 Å². The van der Waals surface area contributed by atoms with Crippen LogP contribution in [0.2, 0.25) is 0 Å². The minimum absolute atomic E-state index is 0.0678. The van der Waals surface area contributed by atoms with Crippen molar-refractivity contribution in [2.45, 2.75) is 29.6 Å². The molecule has 1 aliphatic heterocycles. The normalized spacial score (nSPS) is 13.5. The van der Waals surface area contributed by atoms with Crippen molar-refractivity contribution in [1.82, 2.24) is 9.62 Å². The zero-order valence-corrected chi connectivity index (χ0v) is 32.9. The van der Waals surface area contributed by atoms with E-state index in [0.717, 1.165) is 16.6 Å². The molecule has 0 aliphatic carbocycles. The van der Waals surface area contributed by atoms with Crippen LogP contribution in [0.5, 0.6) is 11.5 Å². The van der Waals surface area contributed by atoms with E-state index in [2.05, 4.69) is 19.9 Å². The molecule has 0 saturated carbocycles. The lowest BCUT2D eigenvalue weighted by molar-refractivity contribution is -0.384. The SMILES string of the molecule is CCOc1cccc(-c2cc(CN3CCN(c4ccc(C(=O)NS(=O)(=O)c5ccc(NCCSc6ccccc6)c([N+](=O)[O-])c5)cc4)CC3)cc(OC(F)(F)F)c2)c1. The van der Waals surface area contributed by atoms with Crippen LogP contribution in [0, 0.1) is 10.1 Å². The maximum atomic E-state index is 13.2. The van der Waals surface area contributed by atoms with Gasteiger partial charge >= 0.3 is 6.36 Å². The van der Waals surface area contributed by atoms with Crippen LogP contribution in [0.4, 0.5) is 30.2 Å². The zero-order valence-electron chi connectivity index (χ0n) is 31.3. The quantitative estimate of drug-likeness (QED) is 0.0430. The molecule has 1 fully saturated rings. The zero-order chi connectivity index (χ0) is 41.3. The molecule has 1 aliphatic rings. The highest BCUT2D eigenvalue weighted by molar-refractivity contribution is 7.99. The van der Waals surface area contributed by atoms with E-state index >= 15 is 0 Å². The number of carbonyl (C=O) groups is 1. The van der Waals surface area contributed by atoms with Gasteiger partial charge in [-0.25, -0.2) is 13.1 Å². The molecule has 6 rings (SSSR count). The van der Waals surface area contributed by atoms with E-state index in [-0.39, 0.29) is 17.0 Å². The van der Waals surface area contributed by atoms with Crippen LogP contribution in [0.15, 0.2) is 125 Å². The van der Waals surface area contributed by atoms with Gasteiger partial charge in [0.2, 0.25) is 0 Å². The number of nitro benzene ring substituents is 1. The smallest absolute Gasteiger partial charge is 0.494 e. The summed E-state index contributed by atoms with van der Waals surface area (Å²) in [5.74, 6) is 0.00157. The lowest BCUT2D eigenvalue weighted by atomic mass is 10.0. The standard InChI is InChI=1S/C41H40F3N5O7S2/c1-2-55-34-8-6-7-31(25-34)32-23-29(24-35(26-32)56-41(42,43)44)28-47-18-20-48(21-19-47)33-13-11-30(12-14-33)40(50)46-58(53,54)37-15-16-38(39(27-37)49(51)52)45-17-22-57-36-9-4-3-5-10-36/h3-16,23-27,45H,2,17-22,28H2,1H3,(H,46,50). The van der Waals surface area contributed by atoms with Crippen LogP contribution in [0.3, 0.4) is 0 Å². The predicted octanol–water partition coefficient (Wildman–Crippen LogP) is 8.20. The second-order valence-corrected chi connectivity index (χ2v) is 16.0. The Morgan fingerprint density at radius 2 is 1.59 bits per heavy atom. The monoisotopic (exact) mass is 835 g/mol. The van der Waals surface area contributed by atoms with Crippen LogP contribution in [0.1, 0.15) is 22.8 Å². The number of anilines is 2. The number of nitrogens with zero attached hydrogens (tertiary/aromatic N) is 3. The number of alkyl halides is 3. The molecule has 0 bridgehead atoms. The Labute approximate surface area is 338 Å². The fraction of sp³-hybridized carbons (Fsp3) is 0.244. The first-order valence-electron chi connectivity index (χ1n) is 18.2. The number of nitro groups is 1. The van der Waals surface area contributed by atoms with E-state index in [1.807, 2.05) is 48.0 Å². The highest BCUT2D eigenvalue weighted by Gasteiger charge is 2.32. The van der Waals surface area contributed by atoms with Gasteiger partial charge in [-0.1, -0.05) is 30.3 Å². The number of ether oxygens (including phenoxy) is 2. The van der Waals surface area contributed by atoms with Gasteiger partial charge in [-0.05, 0) is 102 Å². The van der Waals surface area contributed by atoms with E-state index in [1.165, 1.54) is 36.4 Å². The molecule has 0 spiro atoms. The topological polar surface area (TPSA) is 143 Å². The van der Waals surface area contributed by atoms with Gasteiger partial charge in [0.15, 0.2) is 0 Å². The van der Waals surface area contributed by atoms with E-state index in [9.17, 15) is 36.5 Å². The van der Waals surface area contributed by atoms with Gasteiger partial charge in [0.25, 0.3) is 21.6 Å². The summed E-state index contributed by atoms with van der Waals surface area (Å²) in [6.45, 7) is 5.40. The molecular weight excluding hydrogens is 796 g/mol. The van der Waals surface area contributed by atoms with E-state index < -0.39 is 37.8 Å². The van der Waals surface area contributed by atoms with Crippen LogP contribution in [-0.2, 0) is 16.6 Å². The average Bonchev–Trinajstić information content (AvgIpc) is 3.19. The highest BCUT2D eigenvalue weighted by Crippen LogP contribution is 2.33. The Morgan fingerprint density at radius 3 is 2.28 bits per heavy atom. The van der Waals surface area contributed by atoms with Gasteiger partial charge in [0.05, 0.1) is 16.4 Å². The van der Waals surface area contributed by atoms with Gasteiger partial charge in [-0.3, -0.25) is 19.8 Å². The van der Waals surface area contributed by atoms with Crippen molar-refractivity contribution >= 4 is 44.8 Å². The third-order valence-corrected chi connectivity index (χ3v) is 11.4. The molecule has 12 nitrogen and oxygen atoms in total. The largest absolute Gasteiger partial charge is 0.573 e. The number of hydrogen-bond acceptors (Lipinski definition) is 11. The Bertz CT molecular complexity index is 2330. The van der Waals surface area contributed by atoms with Crippen molar-refractivity contribution in [3.05, 3.63) is 137 Å². The van der Waals surface area contributed by atoms with Gasteiger partial charge in [-0.15, -0.1) is 24.9 Å². The third kappa shape index (κ3) is 11.4. The maximum Gasteiger partial charge on any atom is 0.573 e. The summed E-state index contributed by atoms with van der Waals surface area (Å²) in [4.78, 5) is 29.0. The number of thioether (sulfide) groups is 1. The van der Waals surface area contributed by atoms with Crippen LogP contribution in [0.25, 0.3) is 11.1 Å². The van der Waals surface area contributed by atoms with Crippen LogP contribution < -0.4 is 24.4 Å². The summed E-state index contributed by atoms with van der Waals surface area (Å²) in [7, 11) is -4.46. The Kier molecular flexibility index (Phi) is 13.5. The molecule has 5 aromatic rings. The first-order valence-corrected chi connectivity index (χ1v) is 20.7. The summed E-state index contributed by atoms with van der Waals surface area (Å²) >= 11 is 1.56. The minimum atomic E-state index is -4.85. The number of carbonyl (C=O) groups excluding carboxylic acids is 1. The lowest BCUT2D eigenvalue weighted by Crippen LogP contribution is -2.46. The summed E-state index contributed by atoms with van der Waals surface area (Å²) in [5.41, 5.74) is 2.46. The molecular formula is C41H40F3N5O7S2. The summed E-state index contributed by atoms with van der Waals surface area (Å²) in [6.07, 6.45) is -4.85. The second kappa shape index (κ2) is 18.7. The molecule has 58 heavy (non-hydrogen) atoms. The van der Waals surface area contributed by atoms with Gasteiger partial charge < -0.3 is 19.7 Å². The molecule has 0 aromatic heterocycles. The van der Waals surface area contributed by atoms with Crippen LogP contribution in [-0.4, -0.2) is 75.6 Å². The number of piperazine rings is 1. The minimum Gasteiger partial charge on any atom is -0.494 e. The number of amides is 1. The lowest BCUT2D eigenvalue weighted by Gasteiger charge is -2.36. The second-order valence-electron chi connectivity index (χ2n) is 13.1. The average molecular weight is 836 g/mol. The number of sulfonamides is 1. The van der Waals surface area contributed by atoms with Gasteiger partial charge in [0.1, 0.15) is 17.2 Å². The summed E-state index contributed by atoms with van der Waals surface area (Å²) < 4.78 is 77.9. The van der Waals surface area contributed by atoms with Crippen molar-refractivity contribution < 1.29 is 40.8 Å². The highest BCUT2D eigenvalue weighted by atomic mass is 32.2. The summed E-state index contributed by atoms with van der Waals surface area (Å²) in [5, 5.41) is 14.8. The molecule has 0 atom stereocenters. The Hall–Kier alpha value is -5.78. The number of nitrogens with one attached hydrogen (secondary N) is 2. The number of rotatable bonds is 16. The van der Waals surface area contributed by atoms with Crippen molar-refractivity contribution in [2.24, 2.45) is 0 Å². The summed E-state index contributed by atoms with van der Waals surface area (Å²) in [6, 6.07) is 31.1. The predicted molar refractivity (Wildman–Crippen MR) is 217 cm³/mol. The molecule has 0 unspecified atom stereocenters. The van der Waals surface area contributed by atoms with Gasteiger partial charge in [-0.2, -0.15) is 0 Å². The van der Waals surface area contributed by atoms with Crippen LogP contribution >= 0.6 is 11.8 Å². The van der Waals surface area contributed by atoms with Crippen molar-refractivity contribution in [1.29, 1.82) is 0 Å². The first kappa shape index (κ1) is 41.8. The molecule has 304 valence electrons. The van der Waals surface area contributed by atoms with E-state index in [0.29, 0.717) is 74.1 Å². The molecule has 1 amide bonds. The van der Waals surface area contributed by atoms with E-state index in [4.69, 9.17) is 4.74 Å². The molecule has 5 aromatic carbocycles. The molecule has 1 heterocycles. The first-order chi connectivity index (χ1) is 27.8. The third-order valence-electron chi connectivity index (χ3n) is 9.08. The number of halogens is 3. The Morgan fingerprint density at radius 1 is 0.862 bits per heavy atom. The molecule has 0 radical (unpaired) electrons. The van der Waals surface area contributed by atoms with Crippen molar-refractivity contribution in [3.8, 4) is 22.6 Å². The number of hydrogen-bond donors (Lipinski definition) is 2. The van der Waals surface area contributed by atoms with Gasteiger partial charge in [0, 0.05) is 67.2 Å². The Balaban J connectivity index is 1.04. The molecule has 2 N–H and O–H groups in total. The van der Waals surface area contributed by atoms with E-state index in [1.54, 1.807) is 48.2 Å². The fourth-order valence-corrected chi connectivity index (χ4v) is 8.16. The maximum absolute atomic E-state index is 13.2. The molecule has 17 heteroatoms. The van der Waals surface area contributed by atoms with Crippen molar-refractivity contribution in [3.63, 3.8) is 0 Å². The fourth-order valence-electron chi connectivity index (χ4n) is 6.38.